The Balaban J connectivity index is 0.000000209. The monoisotopic (exact) mass is 1790 g/mol. The van der Waals surface area contributed by atoms with E-state index in [-0.39, 0.29) is 122 Å². The number of aryl methyl sites for hydroxylation is 1. The molecule has 8 aliphatic heterocycles. The molecule has 32 heteroatoms. The number of ether oxygens (including phenoxy) is 4. The molecule has 5 aromatic carbocycles. The first-order chi connectivity index (χ1) is 60.9. The molecule has 0 saturated carbocycles. The predicted molar refractivity (Wildman–Crippen MR) is 479 cm³/mol. The fourth-order valence-corrected chi connectivity index (χ4v) is 18.9. The minimum Gasteiger partial charge on any atom is -0.479 e. The number of benzene rings is 5. The van der Waals surface area contributed by atoms with E-state index in [1.165, 1.54) is 41.4 Å². The molecule has 10 amide bonds. The van der Waals surface area contributed by atoms with Crippen molar-refractivity contribution in [3.05, 3.63) is 179 Å². The highest BCUT2D eigenvalue weighted by Crippen LogP contribution is 2.48. The minimum absolute atomic E-state index is 0.0117. The van der Waals surface area contributed by atoms with Crippen molar-refractivity contribution in [2.75, 3.05) is 88.4 Å². The van der Waals surface area contributed by atoms with Crippen LogP contribution in [0.2, 0.25) is 0 Å². The van der Waals surface area contributed by atoms with E-state index in [0.29, 0.717) is 32.7 Å². The summed E-state index contributed by atoms with van der Waals surface area (Å²) in [6.45, 7) is 31.5. The number of amides is 10. The fourth-order valence-electron chi connectivity index (χ4n) is 18.9. The molecule has 6 N–H and O–H groups in total. The maximum absolute atomic E-state index is 13.0. The molecule has 5 aromatic rings. The Kier molecular flexibility index (Phi) is 35.5. The summed E-state index contributed by atoms with van der Waals surface area (Å²) in [4.78, 5) is 195. The number of likely N-dealkylation sites (tertiary alicyclic amines) is 8. The van der Waals surface area contributed by atoms with E-state index in [4.69, 9.17) is 24.7 Å². The second-order valence-corrected chi connectivity index (χ2v) is 34.5. The smallest absolute Gasteiger partial charge is 0.344 e. The summed E-state index contributed by atoms with van der Waals surface area (Å²) in [5, 5.41) is 24.8. The van der Waals surface area contributed by atoms with Crippen LogP contribution in [-0.4, -0.2) is 266 Å². The predicted octanol–water partition coefficient (Wildman–Crippen LogP) is 6.80. The number of hydrogen-bond acceptors (Lipinski definition) is 21. The fraction of sp³-hybridized carbons (Fsp3) is 0.536. The van der Waals surface area contributed by atoms with Gasteiger partial charge >= 0.3 is 29.8 Å². The lowest BCUT2D eigenvalue weighted by molar-refractivity contribution is -0.177. The Labute approximate surface area is 757 Å². The lowest BCUT2D eigenvalue weighted by atomic mass is 9.75. The highest BCUT2D eigenvalue weighted by atomic mass is 16.6. The Hall–Kier alpha value is -11.9. The molecule has 129 heavy (non-hydrogen) atoms. The third-order valence-corrected chi connectivity index (χ3v) is 28.2. The van der Waals surface area contributed by atoms with Crippen molar-refractivity contribution in [2.45, 2.75) is 183 Å². The van der Waals surface area contributed by atoms with Crippen molar-refractivity contribution >= 4 is 88.9 Å². The van der Waals surface area contributed by atoms with Crippen LogP contribution < -0.4 is 16.4 Å². The topological polar surface area (TPSA) is 409 Å². The number of nitrogens with one attached hydrogen (secondary N) is 2. The van der Waals surface area contributed by atoms with E-state index < -0.39 is 111 Å². The van der Waals surface area contributed by atoms with Gasteiger partial charge in [-0.15, -0.1) is 0 Å². The molecule has 0 radical (unpaired) electrons. The van der Waals surface area contributed by atoms with Crippen LogP contribution in [0.4, 0.5) is 0 Å². The quantitative estimate of drug-likeness (QED) is 0.0218. The first-order valence-corrected chi connectivity index (χ1v) is 44.2. The number of carboxylic acid groups (broad SMARTS) is 1. The van der Waals surface area contributed by atoms with Gasteiger partial charge in [0.15, 0.2) is 0 Å². The number of aliphatic carboxylic acids is 1. The molecular weight excluding hydrogens is 1660 g/mol. The number of aliphatic hydroxyl groups is 1. The summed E-state index contributed by atoms with van der Waals surface area (Å²) >= 11 is 0. The number of esters is 4. The first-order valence-electron chi connectivity index (χ1n) is 44.2. The van der Waals surface area contributed by atoms with E-state index in [0.717, 1.165) is 33.6 Å². The van der Waals surface area contributed by atoms with Crippen molar-refractivity contribution in [1.82, 2.24) is 49.8 Å². The molecule has 8 saturated heterocycles. The van der Waals surface area contributed by atoms with Gasteiger partial charge in [0, 0.05) is 134 Å². The molecule has 2 spiro atoms. The molecule has 17 atom stereocenters. The third-order valence-electron chi connectivity index (χ3n) is 28.2. The summed E-state index contributed by atoms with van der Waals surface area (Å²) in [6, 6.07) is 48.7. The van der Waals surface area contributed by atoms with Crippen LogP contribution in [0.15, 0.2) is 152 Å². The van der Waals surface area contributed by atoms with Gasteiger partial charge in [-0.05, 0) is 61.9 Å². The number of nitrogens with zero attached hydrogens (tertiary/aromatic N) is 8. The average Bonchev–Trinajstić information content (AvgIpc) is 1.56. The standard InChI is InChI=1S/C18H24N2O4.C16H22N2O3.C16H20N2O2.C15H19N3O2.C13H21NO5.C11H17NO5.C8H10/c1-5-24-17(23)18(13(3)12(2)15(21)20(18)4)16(22)19-11-14-9-7-6-8-10-14;1-11-12(2)16(10-19,18(3)14(11)20)15(21)17-9-13-7-5-4-6-8-13;1-11-12(2)16(17(3)14(11)19)10-18(15(16)20)9-13-7-5-4-6-8-13;1-10-12(16)13(19)17(2)15(10)9-18(14(15)20)8-11-6-4-3-5-7-11;1-6-18-11(16)13(12(17)19-7-2)9(4)8(3)10(15)14(13)5;1-5-17-10(16)11(9(14)15)7(3)6(2)8(13)12(11)4;1-2-8-6-4-3-5-7-8/h6-10,12-13H,5,11H2,1-4H3,(H,19,22);4-8,11-12,19H,9-10H2,1-3H3,(H,17,21);4-8,11-12H,9-10H2,1-3H3;3-7,10,12H,8-9,16H2,1-2H3;8-9H,6-7H2,1-5H3;6-7H,5H2,1-4H3,(H,14,15);3-7H,2H2,1H3. The van der Waals surface area contributed by atoms with E-state index >= 15 is 0 Å². The van der Waals surface area contributed by atoms with E-state index in [9.17, 15) is 82.1 Å². The second kappa shape index (κ2) is 43.9. The molecule has 17 unspecified atom stereocenters. The van der Waals surface area contributed by atoms with Crippen LogP contribution >= 0.6 is 0 Å². The van der Waals surface area contributed by atoms with Gasteiger partial charge in [-0.25, -0.2) is 24.0 Å². The molecule has 702 valence electrons. The van der Waals surface area contributed by atoms with Crippen LogP contribution in [0, 0.1) is 65.1 Å². The van der Waals surface area contributed by atoms with Gasteiger partial charge in [-0.3, -0.25) is 47.9 Å². The Morgan fingerprint density at radius 1 is 0.357 bits per heavy atom. The van der Waals surface area contributed by atoms with E-state index in [1.54, 1.807) is 112 Å². The van der Waals surface area contributed by atoms with Crippen molar-refractivity contribution in [1.29, 1.82) is 0 Å². The number of rotatable bonds is 21. The molecule has 8 fully saturated rings. The molecular formula is C97H133N11O21. The SMILES string of the molecule is CC1C(=O)N(C)C(CO)(C(=O)NCc2ccccc2)C1C.CC1C(=O)N(C)C2(CN(Cc3ccccc3)C2=O)C1C.CC1C(N)C(=O)N(C)C12CN(Cc1ccccc1)C2=O.CCOC(=O)C1(C(=O)NCc2ccccc2)C(C)C(C)C(=O)N1C.CCOC(=O)C1(C(=O)O)C(C)C(C)C(=O)N1C.CCOC(=O)C1(C(=O)OCC)C(C)C(C)C(=O)N1C.CCc1ccccc1. The average molecular weight is 1790 g/mol. The first kappa shape index (κ1) is 104. The second-order valence-electron chi connectivity index (χ2n) is 34.5. The van der Waals surface area contributed by atoms with Gasteiger partial charge in [0.1, 0.15) is 16.6 Å². The van der Waals surface area contributed by atoms with Gasteiger partial charge < -0.3 is 84.7 Å². The summed E-state index contributed by atoms with van der Waals surface area (Å²) in [6.07, 6.45) is 1.14. The minimum atomic E-state index is -1.90. The van der Waals surface area contributed by atoms with Crippen molar-refractivity contribution in [3.8, 4) is 0 Å². The number of aliphatic hydroxyl groups excluding tert-OH is 1. The van der Waals surface area contributed by atoms with Gasteiger partial charge in [0.25, 0.3) is 17.7 Å². The summed E-state index contributed by atoms with van der Waals surface area (Å²) in [5.74, 6) is -9.65. The zero-order valence-corrected chi connectivity index (χ0v) is 78.7. The Bertz CT molecular complexity index is 4700. The molecule has 0 aromatic heterocycles. The Morgan fingerprint density at radius 2 is 0.636 bits per heavy atom. The number of carbonyl (C=O) groups excluding carboxylic acids is 14. The summed E-state index contributed by atoms with van der Waals surface area (Å²) < 4.78 is 20.0. The molecule has 0 bridgehead atoms. The van der Waals surface area contributed by atoms with Crippen LogP contribution in [0.3, 0.4) is 0 Å². The largest absolute Gasteiger partial charge is 0.479 e. The Morgan fingerprint density at radius 3 is 0.907 bits per heavy atom. The van der Waals surface area contributed by atoms with E-state index in [1.807, 2.05) is 160 Å². The van der Waals surface area contributed by atoms with Crippen molar-refractivity contribution in [3.63, 3.8) is 0 Å². The maximum atomic E-state index is 13.0. The maximum Gasteiger partial charge on any atom is 0.344 e. The zero-order chi connectivity index (χ0) is 96.5. The van der Waals surface area contributed by atoms with Crippen LogP contribution in [0.5, 0.6) is 0 Å². The zero-order valence-electron chi connectivity index (χ0n) is 78.7. The number of nitrogens with two attached hydrogens (primary N) is 1. The number of likely N-dealkylation sites (N-methyl/N-ethyl adjacent to an activating group) is 6. The number of carboxylic acids is 1. The number of carbonyl (C=O) groups is 15. The van der Waals surface area contributed by atoms with E-state index in [2.05, 4.69) is 41.8 Å². The van der Waals surface area contributed by atoms with Crippen LogP contribution in [-0.2, 0) is 123 Å². The third kappa shape index (κ3) is 19.4. The molecule has 32 nitrogen and oxygen atoms in total. The normalized spacial score (nSPS) is 28.4. The molecule has 8 aliphatic rings. The van der Waals surface area contributed by atoms with Gasteiger partial charge in [0.05, 0.1) is 52.2 Å². The van der Waals surface area contributed by atoms with Crippen molar-refractivity contribution in [2.24, 2.45) is 70.8 Å². The highest BCUT2D eigenvalue weighted by molar-refractivity contribution is 6.14. The van der Waals surface area contributed by atoms with Crippen LogP contribution in [0.25, 0.3) is 0 Å². The molecule has 0 aliphatic carbocycles. The number of hydrogen-bond donors (Lipinski definition) is 5. The van der Waals surface area contributed by atoms with Crippen molar-refractivity contribution < 1.29 is 101 Å². The lowest BCUT2D eigenvalue weighted by Gasteiger charge is -2.52. The summed E-state index contributed by atoms with van der Waals surface area (Å²) in [5.41, 5.74) is 3.75. The molecule has 8 heterocycles. The lowest BCUT2D eigenvalue weighted by Crippen LogP contribution is -2.73. The van der Waals surface area contributed by atoms with Gasteiger partial charge in [-0.2, -0.15) is 0 Å². The highest BCUT2D eigenvalue weighted by Gasteiger charge is 2.70. The van der Waals surface area contributed by atoms with Gasteiger partial charge in [0.2, 0.25) is 58.0 Å². The van der Waals surface area contributed by atoms with Crippen LogP contribution in [0.1, 0.15) is 139 Å². The summed E-state index contributed by atoms with van der Waals surface area (Å²) in [7, 11) is 9.29. The molecule has 13 rings (SSSR count). The van der Waals surface area contributed by atoms with Gasteiger partial charge in [-0.1, -0.05) is 235 Å². The number of β-lactam (4-membered cyclic amide) rings is 2.